The van der Waals surface area contributed by atoms with Gasteiger partial charge in [0.25, 0.3) is 5.56 Å². The number of hydrogen-bond acceptors (Lipinski definition) is 5. The maximum atomic E-state index is 13.4. The third-order valence-electron chi connectivity index (χ3n) is 5.63. The molecule has 0 unspecified atom stereocenters. The van der Waals surface area contributed by atoms with Crippen LogP contribution in [0.4, 0.5) is 11.5 Å². The number of rotatable bonds is 9. The Balaban J connectivity index is 1.91. The Hall–Kier alpha value is -3.36. The molecule has 2 aromatic carbocycles. The number of carbonyl (C=O) groups excluding carboxylic acids is 1. The van der Waals surface area contributed by atoms with Gasteiger partial charge in [-0.2, -0.15) is 0 Å². The van der Waals surface area contributed by atoms with Crippen molar-refractivity contribution < 1.29 is 4.79 Å². The Morgan fingerprint density at radius 2 is 1.76 bits per heavy atom. The zero-order chi connectivity index (χ0) is 24.8. The van der Waals surface area contributed by atoms with Crippen molar-refractivity contribution in [3.05, 3.63) is 91.6 Å². The number of nitrogen functional groups attached to an aromatic ring is 1. The van der Waals surface area contributed by atoms with Gasteiger partial charge < -0.3 is 10.6 Å². The van der Waals surface area contributed by atoms with Crippen LogP contribution in [0.3, 0.4) is 0 Å². The molecule has 0 radical (unpaired) electrons. The number of nitrogens with one attached hydrogen (secondary N) is 1. The molecule has 180 valence electrons. The fourth-order valence-electron chi connectivity index (χ4n) is 3.77. The molecule has 3 rings (SSSR count). The Bertz CT molecular complexity index is 1250. The average Bonchev–Trinajstić information content (AvgIpc) is 2.79. The normalized spacial score (nSPS) is 11.2. The van der Waals surface area contributed by atoms with E-state index in [-0.39, 0.29) is 43.1 Å². The molecule has 0 saturated carbocycles. The van der Waals surface area contributed by atoms with Crippen LogP contribution < -0.4 is 21.9 Å². The third kappa shape index (κ3) is 5.95. The van der Waals surface area contributed by atoms with Crippen LogP contribution in [0.1, 0.15) is 31.9 Å². The summed E-state index contributed by atoms with van der Waals surface area (Å²) in [5, 5.41) is 0.627. The van der Waals surface area contributed by atoms with Crippen molar-refractivity contribution in [1.29, 1.82) is 0 Å². The molecule has 0 aliphatic carbocycles. The van der Waals surface area contributed by atoms with Crippen LogP contribution >= 0.6 is 11.6 Å². The predicted molar refractivity (Wildman–Crippen MR) is 136 cm³/mol. The summed E-state index contributed by atoms with van der Waals surface area (Å²) in [6.07, 6.45) is 0. The van der Waals surface area contributed by atoms with Gasteiger partial charge >= 0.3 is 5.69 Å². The van der Waals surface area contributed by atoms with Gasteiger partial charge in [-0.3, -0.25) is 24.0 Å². The van der Waals surface area contributed by atoms with E-state index in [4.69, 9.17) is 17.3 Å². The molecule has 0 aliphatic heterocycles. The first kappa shape index (κ1) is 25.3. The fraction of sp³-hybridized carbons (Fsp3) is 0.320. The lowest BCUT2D eigenvalue weighted by Gasteiger charge is -2.30. The molecule has 0 saturated heterocycles. The summed E-state index contributed by atoms with van der Waals surface area (Å²) >= 11 is 6.11. The number of aromatic amines is 1. The molecule has 1 heterocycles. The van der Waals surface area contributed by atoms with Crippen molar-refractivity contribution in [2.75, 3.05) is 23.7 Å². The molecule has 0 spiro atoms. The number of aromatic nitrogens is 2. The molecule has 0 aliphatic rings. The maximum absolute atomic E-state index is 13.4. The maximum Gasteiger partial charge on any atom is 0.330 e. The number of benzene rings is 2. The molecular formula is C25H30ClN5O3. The summed E-state index contributed by atoms with van der Waals surface area (Å²) in [6.45, 7) is 6.73. The summed E-state index contributed by atoms with van der Waals surface area (Å²) in [5.41, 5.74) is 6.79. The molecule has 3 aromatic rings. The van der Waals surface area contributed by atoms with Crippen molar-refractivity contribution in [3.8, 4) is 0 Å². The lowest BCUT2D eigenvalue weighted by atomic mass is 10.2. The summed E-state index contributed by atoms with van der Waals surface area (Å²) in [5.74, 6) is -0.334. The first-order valence-corrected chi connectivity index (χ1v) is 11.5. The molecule has 0 atom stereocenters. The summed E-state index contributed by atoms with van der Waals surface area (Å²) in [4.78, 5) is 44.2. The molecule has 1 aromatic heterocycles. The second kappa shape index (κ2) is 11.2. The van der Waals surface area contributed by atoms with Gasteiger partial charge in [-0.1, -0.05) is 54.1 Å². The topological polar surface area (TPSA) is 104 Å². The average molecular weight is 484 g/mol. The highest BCUT2D eigenvalue weighted by Gasteiger charge is 2.25. The van der Waals surface area contributed by atoms with Gasteiger partial charge in [-0.15, -0.1) is 0 Å². The highest BCUT2D eigenvalue weighted by atomic mass is 35.5. The highest BCUT2D eigenvalue weighted by molar-refractivity contribution is 6.30. The quantitative estimate of drug-likeness (QED) is 0.486. The first-order chi connectivity index (χ1) is 16.2. The van der Waals surface area contributed by atoms with Crippen molar-refractivity contribution in [3.63, 3.8) is 0 Å². The minimum absolute atomic E-state index is 0.0190. The Morgan fingerprint density at radius 3 is 2.38 bits per heavy atom. The number of anilines is 2. The Morgan fingerprint density at radius 1 is 1.09 bits per heavy atom. The number of amides is 1. The number of carbonyl (C=O) groups is 1. The van der Waals surface area contributed by atoms with Crippen LogP contribution in [0.5, 0.6) is 0 Å². The van der Waals surface area contributed by atoms with Gasteiger partial charge in [0.15, 0.2) is 5.69 Å². The van der Waals surface area contributed by atoms with Gasteiger partial charge in [-0.25, -0.2) is 4.79 Å². The van der Waals surface area contributed by atoms with Gasteiger partial charge in [0.1, 0.15) is 5.82 Å². The predicted octanol–water partition coefficient (Wildman–Crippen LogP) is 3.08. The standard InChI is InChI=1S/C25H30ClN5O3/c1-4-30(21(32)16-29(17(2)3)14-19-11-8-12-20(26)13-19)22-23(27)31(25(34)28-24(22)33)15-18-9-6-5-7-10-18/h5-13,17H,4,14-16,27H2,1-3H3,(H,28,33,34). The number of likely N-dealkylation sites (N-methyl/N-ethyl adjacent to an activating group) is 1. The van der Waals surface area contributed by atoms with Crippen LogP contribution in [0, 0.1) is 0 Å². The summed E-state index contributed by atoms with van der Waals surface area (Å²) in [6, 6.07) is 16.8. The molecule has 0 bridgehead atoms. The molecular weight excluding hydrogens is 454 g/mol. The highest BCUT2D eigenvalue weighted by Crippen LogP contribution is 2.19. The minimum Gasteiger partial charge on any atom is -0.383 e. The van der Waals surface area contributed by atoms with Crippen LogP contribution in [0.2, 0.25) is 5.02 Å². The van der Waals surface area contributed by atoms with Crippen molar-refractivity contribution in [2.45, 2.75) is 39.9 Å². The monoisotopic (exact) mass is 483 g/mol. The molecule has 34 heavy (non-hydrogen) atoms. The first-order valence-electron chi connectivity index (χ1n) is 11.2. The van der Waals surface area contributed by atoms with Gasteiger partial charge in [0.05, 0.1) is 13.1 Å². The number of nitrogens with two attached hydrogens (primary N) is 1. The van der Waals surface area contributed by atoms with Gasteiger partial charge in [-0.05, 0) is 44.0 Å². The summed E-state index contributed by atoms with van der Waals surface area (Å²) in [7, 11) is 0. The van der Waals surface area contributed by atoms with E-state index in [1.54, 1.807) is 13.0 Å². The van der Waals surface area contributed by atoms with E-state index >= 15 is 0 Å². The van der Waals surface area contributed by atoms with Crippen LogP contribution in [0.15, 0.2) is 64.2 Å². The van der Waals surface area contributed by atoms with E-state index in [9.17, 15) is 14.4 Å². The fourth-order valence-corrected chi connectivity index (χ4v) is 3.98. The van der Waals surface area contributed by atoms with E-state index in [0.717, 1.165) is 11.1 Å². The number of nitrogens with zero attached hydrogens (tertiary/aromatic N) is 3. The zero-order valence-corrected chi connectivity index (χ0v) is 20.4. The van der Waals surface area contributed by atoms with E-state index in [1.807, 2.05) is 67.3 Å². The Labute approximate surface area is 203 Å². The largest absolute Gasteiger partial charge is 0.383 e. The van der Waals surface area contributed by atoms with Crippen LogP contribution in [-0.2, 0) is 17.9 Å². The summed E-state index contributed by atoms with van der Waals surface area (Å²) < 4.78 is 1.27. The number of H-pyrrole nitrogens is 1. The second-order valence-electron chi connectivity index (χ2n) is 8.33. The Kier molecular flexibility index (Phi) is 8.31. The van der Waals surface area contributed by atoms with E-state index in [1.165, 1.54) is 9.47 Å². The van der Waals surface area contributed by atoms with Gasteiger partial charge in [0, 0.05) is 24.2 Å². The van der Waals surface area contributed by atoms with Crippen molar-refractivity contribution >= 4 is 29.0 Å². The van der Waals surface area contributed by atoms with E-state index in [0.29, 0.717) is 11.6 Å². The molecule has 0 fully saturated rings. The second-order valence-corrected chi connectivity index (χ2v) is 8.77. The minimum atomic E-state index is -0.687. The van der Waals surface area contributed by atoms with Gasteiger partial charge in [0.2, 0.25) is 5.91 Å². The SMILES string of the molecule is CCN(C(=O)CN(Cc1cccc(Cl)c1)C(C)C)c1c(N)n(Cc2ccccc2)c(=O)[nH]c1=O. The third-order valence-corrected chi connectivity index (χ3v) is 5.86. The smallest absolute Gasteiger partial charge is 0.330 e. The van der Waals surface area contributed by atoms with E-state index < -0.39 is 11.2 Å². The molecule has 9 heteroatoms. The van der Waals surface area contributed by atoms with Crippen molar-refractivity contribution in [2.24, 2.45) is 0 Å². The molecule has 8 nitrogen and oxygen atoms in total. The lowest BCUT2D eigenvalue weighted by molar-refractivity contribution is -0.120. The van der Waals surface area contributed by atoms with Crippen LogP contribution in [-0.4, -0.2) is 39.5 Å². The number of halogens is 1. The number of hydrogen-bond donors (Lipinski definition) is 2. The molecule has 1 amide bonds. The van der Waals surface area contributed by atoms with E-state index in [2.05, 4.69) is 4.98 Å². The lowest BCUT2D eigenvalue weighted by Crippen LogP contribution is -2.46. The van der Waals surface area contributed by atoms with Crippen LogP contribution in [0.25, 0.3) is 0 Å². The zero-order valence-electron chi connectivity index (χ0n) is 19.6. The van der Waals surface area contributed by atoms with Crippen molar-refractivity contribution in [1.82, 2.24) is 14.5 Å². The molecule has 3 N–H and O–H groups in total.